The highest BCUT2D eigenvalue weighted by atomic mass is 16.6. The van der Waals surface area contributed by atoms with Crippen molar-refractivity contribution < 1.29 is 9.84 Å². The van der Waals surface area contributed by atoms with E-state index in [0.717, 1.165) is 0 Å². The average molecular weight is 574 g/mol. The van der Waals surface area contributed by atoms with Gasteiger partial charge < -0.3 is 14.7 Å². The standard InChI is InChI=1S/C35H23N7O2/c1-40-29(23-38)33(25-13-6-4-7-14-25)27(21-36)17-10-11-20-32-42(3)31(35(43)44-32)19-12-18-28(22-37)34(30(24-39)41-2)26-15-8-5-9-16-26/h4-20,31,35,43H,3H3. The monoisotopic (exact) mass is 573 g/mol. The molecule has 0 saturated carbocycles. The third kappa shape index (κ3) is 7.44. The second kappa shape index (κ2) is 15.8. The lowest BCUT2D eigenvalue weighted by atomic mass is 9.96. The number of benzene rings is 2. The molecule has 2 atom stereocenters. The SMILES string of the molecule is [C-]#[N+]C(C#N)=C(C(C#N)=CC=CC=C1OC(O)C(C=CC=C(C#N)C(=C(C#N)[N+]#[C-])c2ccccc2)N1C)c1ccccc1. The quantitative estimate of drug-likeness (QED) is 0.226. The maximum atomic E-state index is 10.5. The summed E-state index contributed by atoms with van der Waals surface area (Å²) in [6.45, 7) is 14.7. The van der Waals surface area contributed by atoms with Gasteiger partial charge in [0.2, 0.25) is 6.29 Å². The predicted molar refractivity (Wildman–Crippen MR) is 164 cm³/mol. The van der Waals surface area contributed by atoms with Crippen LogP contribution in [0.1, 0.15) is 11.1 Å². The lowest BCUT2D eigenvalue weighted by molar-refractivity contribution is -0.0383. The van der Waals surface area contributed by atoms with Crippen LogP contribution in [0.15, 0.2) is 132 Å². The van der Waals surface area contributed by atoms with E-state index < -0.39 is 12.3 Å². The van der Waals surface area contributed by atoms with Crippen molar-refractivity contribution in [3.05, 3.63) is 166 Å². The Hall–Kier alpha value is -6.88. The second-order valence-corrected chi connectivity index (χ2v) is 8.90. The first kappa shape index (κ1) is 31.6. The normalized spacial score (nSPS) is 18.6. The minimum atomic E-state index is -1.23. The molecule has 1 aliphatic heterocycles. The van der Waals surface area contributed by atoms with E-state index in [0.29, 0.717) is 17.0 Å². The number of nitrogens with zero attached hydrogens (tertiary/aromatic N) is 7. The van der Waals surface area contributed by atoms with Gasteiger partial charge in [-0.3, -0.25) is 0 Å². The molecule has 0 amide bonds. The van der Waals surface area contributed by atoms with E-state index in [1.165, 1.54) is 12.2 Å². The van der Waals surface area contributed by atoms with E-state index in [9.17, 15) is 26.2 Å². The van der Waals surface area contributed by atoms with Gasteiger partial charge in [-0.05, 0) is 29.4 Å². The zero-order chi connectivity index (χ0) is 31.9. The van der Waals surface area contributed by atoms with Crippen LogP contribution >= 0.6 is 0 Å². The van der Waals surface area contributed by atoms with Gasteiger partial charge in [0.1, 0.15) is 6.04 Å². The highest BCUT2D eigenvalue weighted by molar-refractivity contribution is 5.89. The van der Waals surface area contributed by atoms with Gasteiger partial charge in [0, 0.05) is 18.2 Å². The van der Waals surface area contributed by atoms with Gasteiger partial charge in [-0.25, -0.2) is 20.2 Å². The van der Waals surface area contributed by atoms with Crippen molar-refractivity contribution in [2.75, 3.05) is 7.05 Å². The van der Waals surface area contributed by atoms with Crippen LogP contribution in [0.4, 0.5) is 0 Å². The molecule has 44 heavy (non-hydrogen) atoms. The molecule has 1 aliphatic rings. The minimum Gasteiger partial charge on any atom is -0.447 e. The van der Waals surface area contributed by atoms with Crippen molar-refractivity contribution in [3.63, 3.8) is 0 Å². The number of aliphatic hydroxyl groups excluding tert-OH is 1. The van der Waals surface area contributed by atoms with Crippen LogP contribution in [0.3, 0.4) is 0 Å². The largest absolute Gasteiger partial charge is 0.447 e. The molecule has 1 fully saturated rings. The van der Waals surface area contributed by atoms with E-state index in [-0.39, 0.29) is 33.7 Å². The van der Waals surface area contributed by atoms with Gasteiger partial charge in [0.25, 0.3) is 11.4 Å². The molecule has 0 spiro atoms. The molecule has 2 aromatic rings. The highest BCUT2D eigenvalue weighted by Gasteiger charge is 2.33. The lowest BCUT2D eigenvalue weighted by Crippen LogP contribution is -2.29. The smallest absolute Gasteiger partial charge is 0.270 e. The molecular weight excluding hydrogens is 550 g/mol. The molecule has 0 aliphatic carbocycles. The van der Waals surface area contributed by atoms with E-state index >= 15 is 0 Å². The number of allylic oxidation sites excluding steroid dienone is 12. The Morgan fingerprint density at radius 2 is 1.25 bits per heavy atom. The Kier molecular flexibility index (Phi) is 11.4. The topological polar surface area (TPSA) is 137 Å². The zero-order valence-electron chi connectivity index (χ0n) is 23.5. The van der Waals surface area contributed by atoms with Crippen LogP contribution in [0.5, 0.6) is 0 Å². The molecule has 1 N–H and O–H groups in total. The molecule has 9 heteroatoms. The van der Waals surface area contributed by atoms with Crippen LogP contribution < -0.4 is 0 Å². The minimum absolute atomic E-state index is 0.108. The predicted octanol–water partition coefficient (Wildman–Crippen LogP) is 6.20. The summed E-state index contributed by atoms with van der Waals surface area (Å²) in [5, 5.41) is 49.0. The van der Waals surface area contributed by atoms with E-state index in [1.807, 2.05) is 12.1 Å². The van der Waals surface area contributed by atoms with E-state index in [2.05, 4.69) is 21.8 Å². The first-order valence-corrected chi connectivity index (χ1v) is 12.9. The maximum absolute atomic E-state index is 10.5. The van der Waals surface area contributed by atoms with Crippen LogP contribution in [-0.4, -0.2) is 29.4 Å². The number of nitriles is 4. The molecule has 0 bridgehead atoms. The van der Waals surface area contributed by atoms with Crippen molar-refractivity contribution in [2.45, 2.75) is 12.3 Å². The molecule has 1 heterocycles. The second-order valence-electron chi connectivity index (χ2n) is 8.90. The molecule has 1 saturated heterocycles. The van der Waals surface area contributed by atoms with Crippen molar-refractivity contribution in [1.29, 1.82) is 21.0 Å². The van der Waals surface area contributed by atoms with E-state index in [1.54, 1.807) is 103 Å². The fraction of sp³-hybridized carbons (Fsp3) is 0.0857. The molecular formula is C35H23N7O2. The van der Waals surface area contributed by atoms with Crippen LogP contribution in [0.2, 0.25) is 0 Å². The fourth-order valence-corrected chi connectivity index (χ4v) is 4.23. The fourth-order valence-electron chi connectivity index (χ4n) is 4.23. The number of likely N-dealkylation sites (N-methyl/N-ethyl adjacent to an activating group) is 1. The third-order valence-electron chi connectivity index (χ3n) is 6.33. The third-order valence-corrected chi connectivity index (χ3v) is 6.33. The van der Waals surface area contributed by atoms with Crippen LogP contribution in [-0.2, 0) is 4.74 Å². The number of hydrogen-bond donors (Lipinski definition) is 1. The van der Waals surface area contributed by atoms with Gasteiger partial charge >= 0.3 is 0 Å². The number of aliphatic hydroxyl groups is 1. The summed E-state index contributed by atoms with van der Waals surface area (Å²) in [7, 11) is 1.70. The Morgan fingerprint density at radius 3 is 1.68 bits per heavy atom. The van der Waals surface area contributed by atoms with Crippen LogP contribution in [0.25, 0.3) is 20.8 Å². The van der Waals surface area contributed by atoms with Crippen LogP contribution in [0, 0.1) is 58.5 Å². The Labute approximate surface area is 255 Å². The first-order valence-electron chi connectivity index (χ1n) is 12.9. The van der Waals surface area contributed by atoms with Crippen molar-refractivity contribution in [2.24, 2.45) is 0 Å². The summed E-state index contributed by atoms with van der Waals surface area (Å²) in [4.78, 5) is 8.23. The first-order chi connectivity index (χ1) is 21.4. The zero-order valence-corrected chi connectivity index (χ0v) is 23.5. The summed E-state index contributed by atoms with van der Waals surface area (Å²) < 4.78 is 5.57. The molecule has 3 rings (SSSR count). The maximum Gasteiger partial charge on any atom is 0.270 e. The number of hydrogen-bond acceptors (Lipinski definition) is 7. The Morgan fingerprint density at radius 1 is 0.773 bits per heavy atom. The van der Waals surface area contributed by atoms with Crippen molar-refractivity contribution in [1.82, 2.24) is 4.90 Å². The van der Waals surface area contributed by atoms with Gasteiger partial charge in [0.05, 0.1) is 48.6 Å². The van der Waals surface area contributed by atoms with Gasteiger partial charge in [-0.2, -0.15) is 10.5 Å². The summed E-state index contributed by atoms with van der Waals surface area (Å²) in [5.74, 6) is 0.321. The lowest BCUT2D eigenvalue weighted by Gasteiger charge is -2.16. The Balaban J connectivity index is 1.86. The Bertz CT molecular complexity index is 1840. The summed E-state index contributed by atoms with van der Waals surface area (Å²) in [6, 6.07) is 24.6. The molecule has 2 aromatic carbocycles. The molecule has 0 radical (unpaired) electrons. The molecule has 9 nitrogen and oxygen atoms in total. The van der Waals surface area contributed by atoms with Gasteiger partial charge in [-0.15, -0.1) is 0 Å². The van der Waals surface area contributed by atoms with E-state index in [4.69, 9.17) is 17.9 Å². The average Bonchev–Trinajstić information content (AvgIpc) is 3.33. The summed E-state index contributed by atoms with van der Waals surface area (Å²) >= 11 is 0. The highest BCUT2D eigenvalue weighted by Crippen LogP contribution is 2.29. The molecule has 2 unspecified atom stereocenters. The molecule has 210 valence electrons. The number of ether oxygens (including phenoxy) is 1. The number of rotatable bonds is 8. The van der Waals surface area contributed by atoms with Crippen molar-refractivity contribution >= 4 is 11.1 Å². The molecule has 0 aromatic heterocycles. The summed E-state index contributed by atoms with van der Waals surface area (Å²) in [5.41, 5.74) is 1.38. The van der Waals surface area contributed by atoms with Gasteiger partial charge in [-0.1, -0.05) is 85.0 Å². The van der Waals surface area contributed by atoms with Gasteiger partial charge in [0.15, 0.2) is 5.88 Å². The summed E-state index contributed by atoms with van der Waals surface area (Å²) in [6.07, 6.45) is 9.62. The van der Waals surface area contributed by atoms with Crippen molar-refractivity contribution in [3.8, 4) is 24.3 Å².